The molecule has 1 aromatic carbocycles. The van der Waals surface area contributed by atoms with Crippen LogP contribution in [-0.4, -0.2) is 11.7 Å². The summed E-state index contributed by atoms with van der Waals surface area (Å²) in [4.78, 5) is 0. The molecule has 2 nitrogen and oxygen atoms in total. The first-order valence-electron chi connectivity index (χ1n) is 5.40. The van der Waals surface area contributed by atoms with Crippen LogP contribution >= 0.6 is 0 Å². The number of aryl methyl sites for hydroxylation is 1. The zero-order valence-electron chi connectivity index (χ0n) is 8.67. The standard InChI is InChI=1S/C12H16FNO/c13-12-9-4-2-1-3-8(9)5-6-10(12)11(14)7-15/h5-6,11,15H,1-4,7,14H2. The normalized spacial score (nSPS) is 17.3. The van der Waals surface area contributed by atoms with E-state index in [0.717, 1.165) is 36.8 Å². The van der Waals surface area contributed by atoms with E-state index in [-0.39, 0.29) is 12.4 Å². The first-order chi connectivity index (χ1) is 7.24. The molecule has 0 aromatic heterocycles. The third kappa shape index (κ3) is 1.90. The first-order valence-corrected chi connectivity index (χ1v) is 5.40. The van der Waals surface area contributed by atoms with Crippen LogP contribution in [0.1, 0.15) is 35.6 Å². The zero-order valence-corrected chi connectivity index (χ0v) is 8.67. The molecule has 1 aliphatic rings. The lowest BCUT2D eigenvalue weighted by atomic mass is 9.88. The van der Waals surface area contributed by atoms with Gasteiger partial charge < -0.3 is 10.8 Å². The maximum Gasteiger partial charge on any atom is 0.131 e. The highest BCUT2D eigenvalue weighted by atomic mass is 19.1. The first kappa shape index (κ1) is 10.6. The molecule has 3 N–H and O–H groups in total. The van der Waals surface area contributed by atoms with Gasteiger partial charge in [0.1, 0.15) is 5.82 Å². The molecule has 1 aliphatic carbocycles. The molecule has 1 unspecified atom stereocenters. The van der Waals surface area contributed by atoms with Gasteiger partial charge in [-0.25, -0.2) is 4.39 Å². The molecular formula is C12H16FNO. The summed E-state index contributed by atoms with van der Waals surface area (Å²) in [7, 11) is 0. The quantitative estimate of drug-likeness (QED) is 0.778. The number of benzene rings is 1. The predicted molar refractivity (Wildman–Crippen MR) is 57.1 cm³/mol. The topological polar surface area (TPSA) is 46.2 Å². The molecule has 0 radical (unpaired) electrons. The van der Waals surface area contributed by atoms with Crippen molar-refractivity contribution < 1.29 is 9.50 Å². The Morgan fingerprint density at radius 3 is 2.80 bits per heavy atom. The van der Waals surface area contributed by atoms with Crippen molar-refractivity contribution >= 4 is 0 Å². The highest BCUT2D eigenvalue weighted by Gasteiger charge is 2.19. The summed E-state index contributed by atoms with van der Waals surface area (Å²) >= 11 is 0. The van der Waals surface area contributed by atoms with Crippen molar-refractivity contribution in [1.82, 2.24) is 0 Å². The minimum absolute atomic E-state index is 0.200. The fraction of sp³-hybridized carbons (Fsp3) is 0.500. The number of fused-ring (bicyclic) bond motifs is 1. The summed E-state index contributed by atoms with van der Waals surface area (Å²) < 4.78 is 14.0. The van der Waals surface area contributed by atoms with Crippen molar-refractivity contribution in [2.24, 2.45) is 5.73 Å². The minimum atomic E-state index is -0.600. The lowest BCUT2D eigenvalue weighted by molar-refractivity contribution is 0.265. The van der Waals surface area contributed by atoms with Crippen molar-refractivity contribution in [2.75, 3.05) is 6.61 Å². The Kier molecular flexibility index (Phi) is 3.03. The van der Waals surface area contributed by atoms with E-state index in [2.05, 4.69) is 0 Å². The zero-order chi connectivity index (χ0) is 10.8. The van der Waals surface area contributed by atoms with Crippen molar-refractivity contribution in [1.29, 1.82) is 0 Å². The molecule has 1 atom stereocenters. The van der Waals surface area contributed by atoms with Crippen LogP contribution in [0.3, 0.4) is 0 Å². The Balaban J connectivity index is 2.43. The SMILES string of the molecule is NC(CO)c1ccc2c(c1F)CCCC2. The van der Waals surface area contributed by atoms with Gasteiger partial charge in [-0.05, 0) is 36.8 Å². The largest absolute Gasteiger partial charge is 0.394 e. The average Bonchev–Trinajstić information content (AvgIpc) is 2.29. The van der Waals surface area contributed by atoms with Crippen LogP contribution in [0, 0.1) is 5.82 Å². The van der Waals surface area contributed by atoms with E-state index < -0.39 is 6.04 Å². The van der Waals surface area contributed by atoms with Crippen molar-refractivity contribution in [3.63, 3.8) is 0 Å². The number of hydrogen-bond acceptors (Lipinski definition) is 2. The molecule has 2 rings (SSSR count). The van der Waals surface area contributed by atoms with Crippen LogP contribution in [0.2, 0.25) is 0 Å². The fourth-order valence-corrected chi connectivity index (χ4v) is 2.19. The van der Waals surface area contributed by atoms with Crippen molar-refractivity contribution in [3.8, 4) is 0 Å². The van der Waals surface area contributed by atoms with Gasteiger partial charge in [-0.1, -0.05) is 12.1 Å². The average molecular weight is 209 g/mol. The lowest BCUT2D eigenvalue weighted by Gasteiger charge is -2.19. The Hall–Kier alpha value is -0.930. The monoisotopic (exact) mass is 209 g/mol. The van der Waals surface area contributed by atoms with Crippen LogP contribution in [0.5, 0.6) is 0 Å². The minimum Gasteiger partial charge on any atom is -0.394 e. The van der Waals surface area contributed by atoms with E-state index in [4.69, 9.17) is 10.8 Å². The third-order valence-electron chi connectivity index (χ3n) is 3.09. The second-order valence-electron chi connectivity index (χ2n) is 4.10. The molecule has 0 fully saturated rings. The molecule has 3 heteroatoms. The summed E-state index contributed by atoms with van der Waals surface area (Å²) in [6.45, 7) is -0.213. The Bertz CT molecular complexity index is 365. The molecule has 0 spiro atoms. The summed E-state index contributed by atoms with van der Waals surface area (Å²) in [5.41, 5.74) is 7.99. The Morgan fingerprint density at radius 2 is 2.07 bits per heavy atom. The van der Waals surface area contributed by atoms with E-state index in [0.29, 0.717) is 5.56 Å². The van der Waals surface area contributed by atoms with E-state index in [1.54, 1.807) is 6.07 Å². The summed E-state index contributed by atoms with van der Waals surface area (Å²) in [5, 5.41) is 8.93. The van der Waals surface area contributed by atoms with Gasteiger partial charge >= 0.3 is 0 Å². The number of halogens is 1. The van der Waals surface area contributed by atoms with Gasteiger partial charge in [-0.2, -0.15) is 0 Å². The molecular weight excluding hydrogens is 193 g/mol. The molecule has 82 valence electrons. The molecule has 0 heterocycles. The summed E-state index contributed by atoms with van der Waals surface area (Å²) in [5.74, 6) is -0.200. The fourth-order valence-electron chi connectivity index (χ4n) is 2.19. The molecule has 0 bridgehead atoms. The van der Waals surface area contributed by atoms with Crippen LogP contribution in [0.25, 0.3) is 0 Å². The van der Waals surface area contributed by atoms with Crippen LogP contribution in [-0.2, 0) is 12.8 Å². The molecule has 1 aromatic rings. The van der Waals surface area contributed by atoms with Gasteiger partial charge in [0.05, 0.1) is 12.6 Å². The Morgan fingerprint density at radius 1 is 1.33 bits per heavy atom. The van der Waals surface area contributed by atoms with E-state index >= 15 is 0 Å². The van der Waals surface area contributed by atoms with Crippen molar-refractivity contribution in [3.05, 3.63) is 34.6 Å². The maximum absolute atomic E-state index is 14.0. The van der Waals surface area contributed by atoms with Gasteiger partial charge in [0, 0.05) is 5.56 Å². The van der Waals surface area contributed by atoms with E-state index in [9.17, 15) is 4.39 Å². The molecule has 15 heavy (non-hydrogen) atoms. The van der Waals surface area contributed by atoms with E-state index in [1.165, 1.54) is 0 Å². The van der Waals surface area contributed by atoms with Crippen LogP contribution in [0.15, 0.2) is 12.1 Å². The smallest absolute Gasteiger partial charge is 0.131 e. The summed E-state index contributed by atoms with van der Waals surface area (Å²) in [6.07, 6.45) is 3.94. The predicted octanol–water partition coefficient (Wildman–Crippen LogP) is 1.70. The van der Waals surface area contributed by atoms with Gasteiger partial charge in [0.15, 0.2) is 0 Å². The molecule has 0 amide bonds. The summed E-state index contributed by atoms with van der Waals surface area (Å²) in [6, 6.07) is 3.06. The maximum atomic E-state index is 14.0. The lowest BCUT2D eigenvalue weighted by Crippen LogP contribution is -2.18. The van der Waals surface area contributed by atoms with Crippen LogP contribution in [0.4, 0.5) is 4.39 Å². The molecule has 0 saturated carbocycles. The van der Waals surface area contributed by atoms with Gasteiger partial charge in [0.25, 0.3) is 0 Å². The number of aliphatic hydroxyl groups is 1. The highest BCUT2D eigenvalue weighted by molar-refractivity contribution is 5.37. The second-order valence-corrected chi connectivity index (χ2v) is 4.10. The third-order valence-corrected chi connectivity index (χ3v) is 3.09. The van der Waals surface area contributed by atoms with E-state index in [1.807, 2.05) is 6.07 Å². The Labute approximate surface area is 88.9 Å². The van der Waals surface area contributed by atoms with Gasteiger partial charge in [-0.3, -0.25) is 0 Å². The highest BCUT2D eigenvalue weighted by Crippen LogP contribution is 2.27. The number of aliphatic hydroxyl groups excluding tert-OH is 1. The van der Waals surface area contributed by atoms with Crippen LogP contribution < -0.4 is 5.73 Å². The second kappa shape index (κ2) is 4.29. The molecule has 0 aliphatic heterocycles. The van der Waals surface area contributed by atoms with Gasteiger partial charge in [0.2, 0.25) is 0 Å². The van der Waals surface area contributed by atoms with Crippen molar-refractivity contribution in [2.45, 2.75) is 31.7 Å². The number of hydrogen-bond donors (Lipinski definition) is 2. The number of nitrogens with two attached hydrogens (primary N) is 1. The van der Waals surface area contributed by atoms with Gasteiger partial charge in [-0.15, -0.1) is 0 Å². The number of rotatable bonds is 2. The molecule has 0 saturated heterocycles.